The first kappa shape index (κ1) is 16.6. The SMILES string of the molecule is CCCCC(CCC)n1c(C(C)Cl)nc2ccc(Cl)cc21. The average Bonchev–Trinajstić information content (AvgIpc) is 2.82. The molecule has 1 heterocycles. The third-order valence-electron chi connectivity index (χ3n) is 3.91. The first-order valence-electron chi connectivity index (χ1n) is 7.89. The Morgan fingerprint density at radius 3 is 2.57 bits per heavy atom. The van der Waals surface area contributed by atoms with Gasteiger partial charge in [-0.2, -0.15) is 0 Å². The van der Waals surface area contributed by atoms with Crippen LogP contribution in [0, 0.1) is 0 Å². The summed E-state index contributed by atoms with van der Waals surface area (Å²) < 4.78 is 2.33. The van der Waals surface area contributed by atoms with E-state index in [2.05, 4.69) is 18.4 Å². The molecule has 0 N–H and O–H groups in total. The standard InChI is InChI=1S/C17H24Cl2N2/c1-4-6-8-14(7-5-2)21-16-11-13(19)9-10-15(16)20-17(21)12(3)18/h9-12,14H,4-8H2,1-3H3. The van der Waals surface area contributed by atoms with Gasteiger partial charge in [0, 0.05) is 11.1 Å². The summed E-state index contributed by atoms with van der Waals surface area (Å²) in [5.41, 5.74) is 2.10. The van der Waals surface area contributed by atoms with Crippen LogP contribution in [0.5, 0.6) is 0 Å². The lowest BCUT2D eigenvalue weighted by Crippen LogP contribution is -2.13. The van der Waals surface area contributed by atoms with Gasteiger partial charge < -0.3 is 4.57 Å². The van der Waals surface area contributed by atoms with Crippen molar-refractivity contribution in [3.05, 3.63) is 29.0 Å². The summed E-state index contributed by atoms with van der Waals surface area (Å²) in [7, 11) is 0. The summed E-state index contributed by atoms with van der Waals surface area (Å²) >= 11 is 12.6. The molecular formula is C17H24Cl2N2. The van der Waals surface area contributed by atoms with E-state index < -0.39 is 0 Å². The Morgan fingerprint density at radius 2 is 1.95 bits per heavy atom. The first-order chi connectivity index (χ1) is 10.1. The highest BCUT2D eigenvalue weighted by Crippen LogP contribution is 2.33. The summed E-state index contributed by atoms with van der Waals surface area (Å²) in [6.45, 7) is 6.45. The van der Waals surface area contributed by atoms with Crippen LogP contribution in [0.25, 0.3) is 11.0 Å². The predicted octanol–water partition coefficient (Wildman–Crippen LogP) is 6.52. The molecule has 0 saturated carbocycles. The average molecular weight is 327 g/mol. The van der Waals surface area contributed by atoms with Crippen LogP contribution >= 0.6 is 23.2 Å². The van der Waals surface area contributed by atoms with E-state index in [1.165, 1.54) is 19.3 Å². The number of unbranched alkanes of at least 4 members (excludes halogenated alkanes) is 1. The maximum atomic E-state index is 6.38. The number of imidazole rings is 1. The minimum atomic E-state index is -0.0999. The van der Waals surface area contributed by atoms with Crippen molar-refractivity contribution in [1.29, 1.82) is 0 Å². The third kappa shape index (κ3) is 3.73. The van der Waals surface area contributed by atoms with Crippen molar-refractivity contribution < 1.29 is 0 Å². The Morgan fingerprint density at radius 1 is 1.19 bits per heavy atom. The van der Waals surface area contributed by atoms with E-state index in [9.17, 15) is 0 Å². The van der Waals surface area contributed by atoms with Gasteiger partial charge >= 0.3 is 0 Å². The summed E-state index contributed by atoms with van der Waals surface area (Å²) in [6.07, 6.45) is 5.90. The highest BCUT2D eigenvalue weighted by atomic mass is 35.5. The van der Waals surface area contributed by atoms with Crippen LogP contribution in [0.3, 0.4) is 0 Å². The zero-order valence-electron chi connectivity index (χ0n) is 13.1. The Hall–Kier alpha value is -0.730. The Balaban J connectivity index is 2.55. The fourth-order valence-corrected chi connectivity index (χ4v) is 3.24. The molecule has 0 aliphatic carbocycles. The zero-order valence-corrected chi connectivity index (χ0v) is 14.6. The van der Waals surface area contributed by atoms with Crippen molar-refractivity contribution in [1.82, 2.24) is 9.55 Å². The van der Waals surface area contributed by atoms with Gasteiger partial charge in [0.25, 0.3) is 0 Å². The van der Waals surface area contributed by atoms with Crippen molar-refractivity contribution in [3.63, 3.8) is 0 Å². The second-order valence-corrected chi connectivity index (χ2v) is 6.76. The van der Waals surface area contributed by atoms with Crippen molar-refractivity contribution in [2.75, 3.05) is 0 Å². The number of fused-ring (bicyclic) bond motifs is 1. The molecule has 21 heavy (non-hydrogen) atoms. The second kappa shape index (κ2) is 7.51. The fourth-order valence-electron chi connectivity index (χ4n) is 2.92. The Kier molecular flexibility index (Phi) is 5.95. The quantitative estimate of drug-likeness (QED) is 0.529. The number of hydrogen-bond donors (Lipinski definition) is 0. The molecule has 0 aliphatic heterocycles. The molecule has 0 fully saturated rings. The fraction of sp³-hybridized carbons (Fsp3) is 0.588. The summed E-state index contributed by atoms with van der Waals surface area (Å²) in [5.74, 6) is 0.962. The summed E-state index contributed by atoms with van der Waals surface area (Å²) in [6, 6.07) is 6.35. The summed E-state index contributed by atoms with van der Waals surface area (Å²) in [5, 5.41) is 0.653. The molecule has 2 nitrogen and oxygen atoms in total. The van der Waals surface area contributed by atoms with Gasteiger partial charge in [-0.05, 0) is 38.0 Å². The predicted molar refractivity (Wildman–Crippen MR) is 92.5 cm³/mol. The molecule has 116 valence electrons. The molecule has 0 bridgehead atoms. The van der Waals surface area contributed by atoms with E-state index in [-0.39, 0.29) is 5.38 Å². The molecule has 0 spiro atoms. The van der Waals surface area contributed by atoms with E-state index in [4.69, 9.17) is 28.2 Å². The maximum absolute atomic E-state index is 6.38. The van der Waals surface area contributed by atoms with Gasteiger partial charge in [-0.1, -0.05) is 44.7 Å². The van der Waals surface area contributed by atoms with Crippen LogP contribution in [-0.4, -0.2) is 9.55 Å². The van der Waals surface area contributed by atoms with Crippen molar-refractivity contribution in [2.24, 2.45) is 0 Å². The summed E-state index contributed by atoms with van der Waals surface area (Å²) in [4.78, 5) is 4.74. The molecule has 1 aromatic carbocycles. The van der Waals surface area contributed by atoms with E-state index >= 15 is 0 Å². The Labute approximate surface area is 137 Å². The molecule has 2 aromatic rings. The van der Waals surface area contributed by atoms with Gasteiger partial charge in [0.2, 0.25) is 0 Å². The van der Waals surface area contributed by atoms with Crippen LogP contribution in [0.4, 0.5) is 0 Å². The number of alkyl halides is 1. The number of benzene rings is 1. The van der Waals surface area contributed by atoms with Gasteiger partial charge in [-0.25, -0.2) is 4.98 Å². The highest BCUT2D eigenvalue weighted by molar-refractivity contribution is 6.31. The molecule has 1 aromatic heterocycles. The zero-order chi connectivity index (χ0) is 15.4. The lowest BCUT2D eigenvalue weighted by molar-refractivity contribution is 0.414. The Bertz CT molecular complexity index is 590. The largest absolute Gasteiger partial charge is 0.324 e. The minimum absolute atomic E-state index is 0.0999. The molecule has 0 aliphatic rings. The third-order valence-corrected chi connectivity index (χ3v) is 4.34. The van der Waals surface area contributed by atoms with E-state index in [0.29, 0.717) is 6.04 Å². The van der Waals surface area contributed by atoms with Crippen molar-refractivity contribution >= 4 is 34.2 Å². The van der Waals surface area contributed by atoms with Gasteiger partial charge in [0.1, 0.15) is 5.82 Å². The van der Waals surface area contributed by atoms with Crippen LogP contribution < -0.4 is 0 Å². The lowest BCUT2D eigenvalue weighted by Gasteiger charge is -2.22. The van der Waals surface area contributed by atoms with E-state index in [0.717, 1.165) is 34.7 Å². The van der Waals surface area contributed by atoms with E-state index in [1.54, 1.807) is 0 Å². The number of halogens is 2. The number of aromatic nitrogens is 2. The maximum Gasteiger partial charge on any atom is 0.127 e. The molecule has 0 radical (unpaired) electrons. The topological polar surface area (TPSA) is 17.8 Å². The van der Waals surface area contributed by atoms with Gasteiger partial charge in [-0.3, -0.25) is 0 Å². The van der Waals surface area contributed by atoms with Crippen LogP contribution in [0.2, 0.25) is 5.02 Å². The van der Waals surface area contributed by atoms with Crippen LogP contribution in [0.15, 0.2) is 18.2 Å². The molecule has 2 atom stereocenters. The number of rotatable bonds is 7. The monoisotopic (exact) mass is 326 g/mol. The minimum Gasteiger partial charge on any atom is -0.324 e. The normalized spacial score (nSPS) is 14.5. The van der Waals surface area contributed by atoms with Crippen molar-refractivity contribution in [2.45, 2.75) is 64.3 Å². The van der Waals surface area contributed by atoms with Crippen LogP contribution in [-0.2, 0) is 0 Å². The smallest absolute Gasteiger partial charge is 0.127 e. The highest BCUT2D eigenvalue weighted by Gasteiger charge is 2.21. The number of nitrogens with zero attached hydrogens (tertiary/aromatic N) is 2. The van der Waals surface area contributed by atoms with Gasteiger partial charge in [0.05, 0.1) is 16.4 Å². The van der Waals surface area contributed by atoms with Crippen molar-refractivity contribution in [3.8, 4) is 0 Å². The lowest BCUT2D eigenvalue weighted by atomic mass is 10.0. The molecular weight excluding hydrogens is 303 g/mol. The van der Waals surface area contributed by atoms with Gasteiger partial charge in [0.15, 0.2) is 0 Å². The van der Waals surface area contributed by atoms with Gasteiger partial charge in [-0.15, -0.1) is 11.6 Å². The van der Waals surface area contributed by atoms with Crippen LogP contribution in [0.1, 0.15) is 70.1 Å². The van der Waals surface area contributed by atoms with E-state index in [1.807, 2.05) is 25.1 Å². The second-order valence-electron chi connectivity index (χ2n) is 5.67. The molecule has 2 unspecified atom stereocenters. The number of hydrogen-bond acceptors (Lipinski definition) is 1. The molecule has 0 saturated heterocycles. The molecule has 4 heteroatoms. The molecule has 2 rings (SSSR count). The molecule has 0 amide bonds. The first-order valence-corrected chi connectivity index (χ1v) is 8.71.